The van der Waals surface area contributed by atoms with Crippen molar-refractivity contribution >= 4 is 29.2 Å². The van der Waals surface area contributed by atoms with Gasteiger partial charge in [-0.05, 0) is 23.8 Å². The summed E-state index contributed by atoms with van der Waals surface area (Å²) < 4.78 is 33.1. The quantitative estimate of drug-likeness (QED) is 0.764. The Hall–Kier alpha value is -2.58. The fourth-order valence-corrected chi connectivity index (χ4v) is 4.02. The molecule has 0 saturated carbocycles. The third kappa shape index (κ3) is 3.58. The number of rotatable bonds is 3. The Bertz CT molecular complexity index is 948. The van der Waals surface area contributed by atoms with Crippen LogP contribution in [0, 0.1) is 11.6 Å². The number of anilines is 1. The summed E-state index contributed by atoms with van der Waals surface area (Å²) in [7, 11) is 0. The predicted octanol–water partition coefficient (Wildman–Crippen LogP) is 2.94. The molecule has 0 radical (unpaired) electrons. The fourth-order valence-electron chi connectivity index (χ4n) is 3.88. The van der Waals surface area contributed by atoms with E-state index >= 15 is 0 Å². The molecule has 2 aromatic rings. The van der Waals surface area contributed by atoms with Crippen LogP contribution in [0.25, 0.3) is 0 Å². The molecule has 0 aliphatic carbocycles. The Labute approximate surface area is 171 Å². The van der Waals surface area contributed by atoms with E-state index in [4.69, 9.17) is 16.3 Å². The molecule has 1 aromatic heterocycles. The molecule has 29 heavy (non-hydrogen) atoms. The van der Waals surface area contributed by atoms with Crippen LogP contribution in [0.5, 0.6) is 0 Å². The molecular weight excluding hydrogens is 404 g/mol. The van der Waals surface area contributed by atoms with Gasteiger partial charge in [0.25, 0.3) is 5.91 Å². The first-order valence-electron chi connectivity index (χ1n) is 9.16. The van der Waals surface area contributed by atoms with Crippen molar-refractivity contribution in [2.24, 2.45) is 0 Å². The lowest BCUT2D eigenvalue weighted by molar-refractivity contribution is -0.158. The van der Waals surface area contributed by atoms with Gasteiger partial charge in [-0.25, -0.2) is 13.8 Å². The molecule has 1 spiro atoms. The van der Waals surface area contributed by atoms with Gasteiger partial charge in [0.1, 0.15) is 17.9 Å². The lowest BCUT2D eigenvalue weighted by Crippen LogP contribution is -2.69. The van der Waals surface area contributed by atoms with E-state index in [2.05, 4.69) is 4.98 Å². The number of carbonyl (C=O) groups is 2. The zero-order chi connectivity index (χ0) is 20.6. The van der Waals surface area contributed by atoms with Gasteiger partial charge < -0.3 is 9.64 Å². The van der Waals surface area contributed by atoms with Gasteiger partial charge in [0, 0.05) is 38.8 Å². The van der Waals surface area contributed by atoms with Crippen LogP contribution in [0.4, 0.5) is 14.6 Å². The van der Waals surface area contributed by atoms with Crippen LogP contribution < -0.4 is 4.90 Å². The topological polar surface area (TPSA) is 62.7 Å². The summed E-state index contributed by atoms with van der Waals surface area (Å²) in [4.78, 5) is 33.1. The highest BCUT2D eigenvalue weighted by Crippen LogP contribution is 2.37. The van der Waals surface area contributed by atoms with E-state index in [1.165, 1.54) is 23.2 Å². The lowest BCUT2D eigenvalue weighted by atomic mass is 9.83. The molecule has 2 amide bonds. The summed E-state index contributed by atoms with van der Waals surface area (Å²) in [6, 6.07) is 6.83. The third-order valence-electron chi connectivity index (χ3n) is 5.37. The Kier molecular flexibility index (Phi) is 5.23. The summed E-state index contributed by atoms with van der Waals surface area (Å²) in [6.07, 6.45) is 1.80. The van der Waals surface area contributed by atoms with Crippen molar-refractivity contribution in [2.75, 3.05) is 24.7 Å². The largest absolute Gasteiger partial charge is 0.381 e. The van der Waals surface area contributed by atoms with Crippen molar-refractivity contribution in [2.45, 2.75) is 24.9 Å². The number of hydrogen-bond donors (Lipinski definition) is 0. The van der Waals surface area contributed by atoms with Crippen molar-refractivity contribution in [1.82, 2.24) is 9.88 Å². The third-order valence-corrected chi connectivity index (χ3v) is 5.58. The molecule has 6 nitrogen and oxygen atoms in total. The molecule has 2 saturated heterocycles. The minimum Gasteiger partial charge on any atom is -0.381 e. The average molecular weight is 422 g/mol. The van der Waals surface area contributed by atoms with Gasteiger partial charge in [-0.1, -0.05) is 23.7 Å². The van der Waals surface area contributed by atoms with Gasteiger partial charge in [0.2, 0.25) is 5.91 Å². The molecule has 9 heteroatoms. The van der Waals surface area contributed by atoms with Gasteiger partial charge in [0.05, 0.1) is 5.02 Å². The maximum absolute atomic E-state index is 14.4. The van der Waals surface area contributed by atoms with E-state index in [-0.39, 0.29) is 48.5 Å². The van der Waals surface area contributed by atoms with Crippen molar-refractivity contribution in [3.63, 3.8) is 0 Å². The van der Waals surface area contributed by atoms with Crippen molar-refractivity contribution in [1.29, 1.82) is 0 Å². The zero-order valence-corrected chi connectivity index (χ0v) is 16.2. The summed E-state index contributed by atoms with van der Waals surface area (Å²) >= 11 is 5.76. The Morgan fingerprint density at radius 1 is 1.14 bits per heavy atom. The molecule has 2 aliphatic heterocycles. The molecule has 152 valence electrons. The minimum atomic E-state index is -1.17. The van der Waals surface area contributed by atoms with E-state index in [9.17, 15) is 18.4 Å². The first-order chi connectivity index (χ1) is 13.9. The van der Waals surface area contributed by atoms with Gasteiger partial charge >= 0.3 is 0 Å². The van der Waals surface area contributed by atoms with Crippen LogP contribution >= 0.6 is 11.6 Å². The summed E-state index contributed by atoms with van der Waals surface area (Å²) in [5.41, 5.74) is -0.474. The molecule has 0 N–H and O–H groups in total. The van der Waals surface area contributed by atoms with Gasteiger partial charge in [0.15, 0.2) is 11.6 Å². The van der Waals surface area contributed by atoms with Crippen LogP contribution in [0.3, 0.4) is 0 Å². The molecule has 0 atom stereocenters. The number of amides is 2. The van der Waals surface area contributed by atoms with Gasteiger partial charge in [-0.2, -0.15) is 0 Å². The normalized spacial score (nSPS) is 19.1. The maximum atomic E-state index is 14.4. The van der Waals surface area contributed by atoms with Crippen molar-refractivity contribution in [3.05, 3.63) is 58.7 Å². The molecule has 4 rings (SSSR count). The number of pyridine rings is 1. The smallest absolute Gasteiger partial charge is 0.254 e. The lowest BCUT2D eigenvalue weighted by Gasteiger charge is -2.50. The summed E-state index contributed by atoms with van der Waals surface area (Å²) in [6.45, 7) is 0.399. The number of carbonyl (C=O) groups excluding carboxylic acids is 2. The van der Waals surface area contributed by atoms with Crippen LogP contribution in [0.1, 0.15) is 18.4 Å². The van der Waals surface area contributed by atoms with Crippen molar-refractivity contribution < 1.29 is 23.1 Å². The first kappa shape index (κ1) is 19.7. The predicted molar refractivity (Wildman–Crippen MR) is 101 cm³/mol. The highest BCUT2D eigenvalue weighted by atomic mass is 35.5. The number of piperazine rings is 1. The average Bonchev–Trinajstić information content (AvgIpc) is 2.71. The van der Waals surface area contributed by atoms with Crippen molar-refractivity contribution in [3.8, 4) is 0 Å². The number of nitrogens with zero attached hydrogens (tertiary/aromatic N) is 3. The van der Waals surface area contributed by atoms with E-state index in [0.29, 0.717) is 18.8 Å². The summed E-state index contributed by atoms with van der Waals surface area (Å²) in [5.74, 6) is -2.12. The molecular formula is C20H18ClF2N3O3. The molecule has 0 unspecified atom stereocenters. The molecule has 2 fully saturated rings. The fraction of sp³-hybridized carbons (Fsp3) is 0.350. The van der Waals surface area contributed by atoms with E-state index < -0.39 is 17.3 Å². The summed E-state index contributed by atoms with van der Waals surface area (Å²) in [5, 5.41) is 0.0979. The van der Waals surface area contributed by atoms with Crippen LogP contribution in [0.2, 0.25) is 5.02 Å². The van der Waals surface area contributed by atoms with Crippen LogP contribution in [-0.4, -0.2) is 47.0 Å². The zero-order valence-electron chi connectivity index (χ0n) is 15.4. The Balaban J connectivity index is 1.71. The van der Waals surface area contributed by atoms with E-state index in [1.54, 1.807) is 12.1 Å². The van der Waals surface area contributed by atoms with Gasteiger partial charge in [-0.15, -0.1) is 0 Å². The highest BCUT2D eigenvalue weighted by molar-refractivity contribution is 6.30. The number of aromatic nitrogens is 1. The monoisotopic (exact) mass is 421 g/mol. The highest BCUT2D eigenvalue weighted by Gasteiger charge is 2.54. The number of halogens is 3. The standard InChI is InChI=1S/C20H18ClF2N3O3/c21-14-9-16(23)18(24-10-14)25-12-17(27)26(11-13-1-3-15(22)4-2-13)20(19(25)28)5-7-29-8-6-20/h1-4,9-10H,5-8,11-12H2. The van der Waals surface area contributed by atoms with Crippen LogP contribution in [0.15, 0.2) is 36.5 Å². The molecule has 3 heterocycles. The maximum Gasteiger partial charge on any atom is 0.254 e. The molecule has 1 aromatic carbocycles. The first-order valence-corrected chi connectivity index (χ1v) is 9.54. The van der Waals surface area contributed by atoms with Gasteiger partial charge in [-0.3, -0.25) is 14.5 Å². The Morgan fingerprint density at radius 2 is 1.83 bits per heavy atom. The number of hydrogen-bond acceptors (Lipinski definition) is 4. The second kappa shape index (κ2) is 7.68. The molecule has 2 aliphatic rings. The minimum absolute atomic E-state index is 0.0979. The number of benzene rings is 1. The SMILES string of the molecule is O=C1CN(c2ncc(Cl)cc2F)C(=O)C2(CCOCC2)N1Cc1ccc(F)cc1. The van der Waals surface area contributed by atoms with E-state index in [0.717, 1.165) is 11.0 Å². The second-order valence-corrected chi connectivity index (χ2v) is 7.54. The molecule has 0 bridgehead atoms. The van der Waals surface area contributed by atoms with Crippen LogP contribution in [-0.2, 0) is 20.9 Å². The van der Waals surface area contributed by atoms with E-state index in [1.807, 2.05) is 0 Å². The number of ether oxygens (including phenoxy) is 1. The second-order valence-electron chi connectivity index (χ2n) is 7.10. The Morgan fingerprint density at radius 3 is 2.48 bits per heavy atom.